The van der Waals surface area contributed by atoms with Gasteiger partial charge in [0.25, 0.3) is 5.91 Å². The third-order valence-corrected chi connectivity index (χ3v) is 4.30. The number of hydrogen-bond donors (Lipinski definition) is 2. The number of aromatic nitrogens is 2. The Morgan fingerprint density at radius 3 is 3.00 bits per heavy atom. The van der Waals surface area contributed by atoms with Crippen molar-refractivity contribution in [2.75, 3.05) is 32.1 Å². The molecule has 2 heterocycles. The van der Waals surface area contributed by atoms with E-state index in [1.165, 1.54) is 23.0 Å². The van der Waals surface area contributed by atoms with Crippen molar-refractivity contribution in [2.24, 2.45) is 7.05 Å². The van der Waals surface area contributed by atoms with E-state index >= 15 is 0 Å². The standard InChI is InChI=1S/C17H22N4O3/c1-20-7-6-11-8-12(4-5-14(11)20)15(22)9-18-16(23)13-10-21(2)19-17(13)24-3/h4-5,8,10,15,22H,6-7,9H2,1-3H3,(H,18,23). The number of carbonyl (C=O) groups is 1. The maximum Gasteiger partial charge on any atom is 0.258 e. The number of anilines is 1. The van der Waals surface area contributed by atoms with Gasteiger partial charge < -0.3 is 20.1 Å². The number of fused-ring (bicyclic) bond motifs is 1. The lowest BCUT2D eigenvalue weighted by Crippen LogP contribution is -2.28. The van der Waals surface area contributed by atoms with Crippen molar-refractivity contribution in [1.82, 2.24) is 15.1 Å². The van der Waals surface area contributed by atoms with E-state index < -0.39 is 6.10 Å². The van der Waals surface area contributed by atoms with Gasteiger partial charge in [-0.15, -0.1) is 5.10 Å². The lowest BCUT2D eigenvalue weighted by Gasteiger charge is -2.15. The van der Waals surface area contributed by atoms with Gasteiger partial charge in [0.1, 0.15) is 5.56 Å². The molecule has 0 bridgehead atoms. The molecule has 0 aliphatic carbocycles. The lowest BCUT2D eigenvalue weighted by atomic mass is 10.0. The molecule has 1 aromatic heterocycles. The summed E-state index contributed by atoms with van der Waals surface area (Å²) in [5.74, 6) is -0.0510. The van der Waals surface area contributed by atoms with Crippen molar-refractivity contribution in [1.29, 1.82) is 0 Å². The number of aryl methyl sites for hydroxylation is 1. The second-order valence-corrected chi connectivity index (χ2v) is 6.01. The molecule has 2 aromatic rings. The minimum atomic E-state index is -0.757. The summed E-state index contributed by atoms with van der Waals surface area (Å²) < 4.78 is 6.59. The molecule has 128 valence electrons. The first kappa shape index (κ1) is 16.3. The normalized spacial score (nSPS) is 14.4. The van der Waals surface area contributed by atoms with Gasteiger partial charge in [-0.1, -0.05) is 12.1 Å². The van der Waals surface area contributed by atoms with E-state index in [2.05, 4.69) is 22.4 Å². The highest BCUT2D eigenvalue weighted by Gasteiger charge is 2.20. The predicted octanol–water partition coefficient (Wildman–Crippen LogP) is 0.884. The Labute approximate surface area is 140 Å². The fourth-order valence-electron chi connectivity index (χ4n) is 2.97. The molecule has 0 saturated heterocycles. The van der Waals surface area contributed by atoms with E-state index in [-0.39, 0.29) is 18.3 Å². The van der Waals surface area contributed by atoms with Gasteiger partial charge in [-0.2, -0.15) is 0 Å². The van der Waals surface area contributed by atoms with Crippen molar-refractivity contribution in [3.8, 4) is 5.88 Å². The summed E-state index contributed by atoms with van der Waals surface area (Å²) in [6, 6.07) is 5.94. The number of benzene rings is 1. The maximum atomic E-state index is 12.2. The van der Waals surface area contributed by atoms with Crippen LogP contribution in [0.25, 0.3) is 0 Å². The molecule has 7 heteroatoms. The second-order valence-electron chi connectivity index (χ2n) is 6.01. The predicted molar refractivity (Wildman–Crippen MR) is 90.5 cm³/mol. The molecule has 1 atom stereocenters. The minimum absolute atomic E-state index is 0.130. The van der Waals surface area contributed by atoms with Crippen LogP contribution in [0, 0.1) is 0 Å². The van der Waals surface area contributed by atoms with Crippen molar-refractivity contribution in [2.45, 2.75) is 12.5 Å². The molecule has 3 rings (SSSR count). The van der Waals surface area contributed by atoms with Crippen molar-refractivity contribution in [3.05, 3.63) is 41.1 Å². The van der Waals surface area contributed by atoms with E-state index in [4.69, 9.17) is 4.74 Å². The molecule has 2 N–H and O–H groups in total. The summed E-state index contributed by atoms with van der Waals surface area (Å²) in [4.78, 5) is 14.4. The molecule has 0 spiro atoms. The number of rotatable bonds is 5. The number of amides is 1. The third-order valence-electron chi connectivity index (χ3n) is 4.30. The van der Waals surface area contributed by atoms with Crippen LogP contribution in [-0.4, -0.2) is 48.0 Å². The van der Waals surface area contributed by atoms with Gasteiger partial charge in [-0.3, -0.25) is 9.48 Å². The fourth-order valence-corrected chi connectivity index (χ4v) is 2.97. The smallest absolute Gasteiger partial charge is 0.258 e. The van der Waals surface area contributed by atoms with Crippen LogP contribution in [-0.2, 0) is 13.5 Å². The van der Waals surface area contributed by atoms with Gasteiger partial charge in [0, 0.05) is 39.1 Å². The molecule has 0 fully saturated rings. The number of nitrogens with one attached hydrogen (secondary N) is 1. The van der Waals surface area contributed by atoms with E-state index in [0.29, 0.717) is 5.56 Å². The number of ether oxygens (including phenoxy) is 1. The maximum absolute atomic E-state index is 12.2. The van der Waals surface area contributed by atoms with Crippen LogP contribution in [0.2, 0.25) is 0 Å². The SMILES string of the molecule is COc1nn(C)cc1C(=O)NCC(O)c1ccc2c(c1)CCN2C. The van der Waals surface area contributed by atoms with Crippen LogP contribution in [0.4, 0.5) is 5.69 Å². The van der Waals surface area contributed by atoms with E-state index in [1.807, 2.05) is 18.2 Å². The van der Waals surface area contributed by atoms with Gasteiger partial charge in [-0.05, 0) is 23.6 Å². The van der Waals surface area contributed by atoms with Crippen molar-refractivity contribution >= 4 is 11.6 Å². The molecule has 1 amide bonds. The first-order chi connectivity index (χ1) is 11.5. The van der Waals surface area contributed by atoms with Crippen LogP contribution in [0.5, 0.6) is 5.88 Å². The number of carbonyl (C=O) groups excluding carboxylic acids is 1. The number of aliphatic hydroxyl groups is 1. The summed E-state index contributed by atoms with van der Waals surface area (Å²) in [5, 5.41) is 17.1. The van der Waals surface area contributed by atoms with Crippen LogP contribution in [0.15, 0.2) is 24.4 Å². The number of nitrogens with zero attached hydrogens (tertiary/aromatic N) is 3. The Morgan fingerprint density at radius 1 is 1.46 bits per heavy atom. The summed E-state index contributed by atoms with van der Waals surface area (Å²) >= 11 is 0. The van der Waals surface area contributed by atoms with Gasteiger partial charge in [0.15, 0.2) is 0 Å². The molecular formula is C17H22N4O3. The monoisotopic (exact) mass is 330 g/mol. The van der Waals surface area contributed by atoms with E-state index in [0.717, 1.165) is 18.5 Å². The number of aliphatic hydroxyl groups excluding tert-OH is 1. The summed E-state index contributed by atoms with van der Waals surface area (Å²) in [7, 11) is 5.24. The highest BCUT2D eigenvalue weighted by atomic mass is 16.5. The molecule has 24 heavy (non-hydrogen) atoms. The van der Waals surface area contributed by atoms with Crippen LogP contribution >= 0.6 is 0 Å². The van der Waals surface area contributed by atoms with Crippen LogP contribution in [0.1, 0.15) is 27.6 Å². The van der Waals surface area contributed by atoms with Crippen LogP contribution < -0.4 is 15.0 Å². The molecule has 1 aliphatic rings. The summed E-state index contributed by atoms with van der Waals surface area (Å²) in [6.07, 6.45) is 1.81. The Morgan fingerprint density at radius 2 is 2.25 bits per heavy atom. The zero-order chi connectivity index (χ0) is 17.3. The number of likely N-dealkylation sites (N-methyl/N-ethyl adjacent to an activating group) is 1. The quantitative estimate of drug-likeness (QED) is 0.851. The van der Waals surface area contributed by atoms with Crippen LogP contribution in [0.3, 0.4) is 0 Å². The second kappa shape index (κ2) is 6.52. The van der Waals surface area contributed by atoms with Crippen molar-refractivity contribution in [3.63, 3.8) is 0 Å². The average Bonchev–Trinajstić information content (AvgIpc) is 3.14. The summed E-state index contributed by atoms with van der Waals surface area (Å²) in [6.45, 7) is 1.12. The molecular weight excluding hydrogens is 308 g/mol. The van der Waals surface area contributed by atoms with Gasteiger partial charge in [0.2, 0.25) is 5.88 Å². The third kappa shape index (κ3) is 3.07. The Bertz CT molecular complexity index is 756. The minimum Gasteiger partial charge on any atom is -0.479 e. The molecule has 0 saturated carbocycles. The first-order valence-electron chi connectivity index (χ1n) is 7.87. The molecule has 0 radical (unpaired) electrons. The molecule has 1 aliphatic heterocycles. The highest BCUT2D eigenvalue weighted by Crippen LogP contribution is 2.29. The first-order valence-corrected chi connectivity index (χ1v) is 7.87. The van der Waals surface area contributed by atoms with Gasteiger partial charge >= 0.3 is 0 Å². The largest absolute Gasteiger partial charge is 0.479 e. The molecule has 1 aromatic carbocycles. The zero-order valence-electron chi connectivity index (χ0n) is 14.1. The van der Waals surface area contributed by atoms with Crippen molar-refractivity contribution < 1.29 is 14.6 Å². The molecule has 1 unspecified atom stereocenters. The highest BCUT2D eigenvalue weighted by molar-refractivity contribution is 5.96. The molecule has 7 nitrogen and oxygen atoms in total. The Balaban J connectivity index is 1.65. The number of methoxy groups -OCH3 is 1. The van der Waals surface area contributed by atoms with Gasteiger partial charge in [-0.25, -0.2) is 0 Å². The Kier molecular flexibility index (Phi) is 4.44. The summed E-state index contributed by atoms with van der Waals surface area (Å²) in [5.41, 5.74) is 3.59. The Hall–Kier alpha value is -2.54. The number of hydrogen-bond acceptors (Lipinski definition) is 5. The van der Waals surface area contributed by atoms with E-state index in [9.17, 15) is 9.90 Å². The topological polar surface area (TPSA) is 79.6 Å². The zero-order valence-corrected chi connectivity index (χ0v) is 14.1. The van der Waals surface area contributed by atoms with E-state index in [1.54, 1.807) is 13.2 Å². The van der Waals surface area contributed by atoms with Gasteiger partial charge in [0.05, 0.1) is 13.2 Å². The fraction of sp³-hybridized carbons (Fsp3) is 0.412. The lowest BCUT2D eigenvalue weighted by molar-refractivity contribution is 0.0913. The average molecular weight is 330 g/mol.